The molecule has 1 atom stereocenters. The monoisotopic (exact) mass is 424 g/mol. The summed E-state index contributed by atoms with van der Waals surface area (Å²) in [7, 11) is 0.335. The first-order valence-corrected chi connectivity index (χ1v) is 11.2. The van der Waals surface area contributed by atoms with Crippen molar-refractivity contribution in [2.75, 3.05) is 25.4 Å². The number of benzene rings is 3. The number of hydrogen-bond acceptors (Lipinski definition) is 3. The van der Waals surface area contributed by atoms with Crippen LogP contribution in [-0.2, 0) is 10.0 Å². The lowest BCUT2D eigenvalue weighted by molar-refractivity contribution is -0.860. The number of likely N-dealkylation sites (N-methyl/N-ethyl adjacent to an activating group) is 1. The molecule has 3 rings (SSSR count). The number of sulfonamides is 1. The van der Waals surface area contributed by atoms with Crippen molar-refractivity contribution in [3.63, 3.8) is 0 Å². The van der Waals surface area contributed by atoms with Crippen LogP contribution >= 0.6 is 0 Å². The number of carbonyl (C=O) groups is 1. The predicted molar refractivity (Wildman–Crippen MR) is 118 cm³/mol. The Morgan fingerprint density at radius 3 is 2.17 bits per heavy atom. The lowest BCUT2D eigenvalue weighted by atomic mass is 10.1. The van der Waals surface area contributed by atoms with Crippen LogP contribution in [0.5, 0.6) is 0 Å². The van der Waals surface area contributed by atoms with Crippen molar-refractivity contribution in [2.45, 2.75) is 10.9 Å². The third-order valence-corrected chi connectivity index (χ3v) is 5.95. The highest BCUT2D eigenvalue weighted by atomic mass is 32.2. The molecule has 0 spiro atoms. The van der Waals surface area contributed by atoms with E-state index in [1.54, 1.807) is 42.5 Å². The van der Waals surface area contributed by atoms with E-state index < -0.39 is 10.0 Å². The minimum absolute atomic E-state index is 0.159. The summed E-state index contributed by atoms with van der Waals surface area (Å²) in [6.07, 6.45) is 0. The van der Waals surface area contributed by atoms with Crippen molar-refractivity contribution < 1.29 is 18.1 Å². The lowest BCUT2D eigenvalue weighted by Crippen LogP contribution is -3.06. The number of rotatable bonds is 8. The van der Waals surface area contributed by atoms with Gasteiger partial charge in [-0.25, -0.2) is 8.42 Å². The molecule has 0 radical (unpaired) electrons. The summed E-state index contributed by atoms with van der Waals surface area (Å²) in [6.45, 7) is 0.718. The zero-order valence-corrected chi connectivity index (χ0v) is 17.8. The molecule has 0 unspecified atom stereocenters. The minimum atomic E-state index is -3.72. The summed E-state index contributed by atoms with van der Waals surface area (Å²) < 4.78 is 27.6. The number of anilines is 1. The molecule has 0 fully saturated rings. The molecular weight excluding hydrogens is 398 g/mol. The van der Waals surface area contributed by atoms with E-state index in [4.69, 9.17) is 0 Å². The predicted octanol–water partition coefficient (Wildman–Crippen LogP) is 2.10. The molecule has 0 saturated carbocycles. The van der Waals surface area contributed by atoms with Gasteiger partial charge < -0.3 is 10.2 Å². The Morgan fingerprint density at radius 1 is 0.900 bits per heavy atom. The van der Waals surface area contributed by atoms with E-state index in [1.165, 1.54) is 17.0 Å². The topological polar surface area (TPSA) is 79.7 Å². The van der Waals surface area contributed by atoms with E-state index in [9.17, 15) is 13.2 Å². The summed E-state index contributed by atoms with van der Waals surface area (Å²) in [4.78, 5) is 14.3. The molecule has 0 heterocycles. The molecule has 6 nitrogen and oxygen atoms in total. The largest absolute Gasteiger partial charge is 0.340 e. The van der Waals surface area contributed by atoms with Crippen LogP contribution in [0.1, 0.15) is 22.0 Å². The Hall–Kier alpha value is -3.16. The van der Waals surface area contributed by atoms with E-state index in [0.717, 1.165) is 12.1 Å². The molecule has 0 aliphatic carbocycles. The second kappa shape index (κ2) is 9.56. The number of nitrogens with one attached hydrogen (secondary N) is 3. The molecule has 0 aromatic heterocycles. The molecule has 1 amide bonds. The van der Waals surface area contributed by atoms with Gasteiger partial charge in [-0.1, -0.05) is 54.6 Å². The van der Waals surface area contributed by atoms with Crippen molar-refractivity contribution in [1.82, 2.24) is 5.32 Å². The third kappa shape index (κ3) is 5.68. The van der Waals surface area contributed by atoms with Crippen molar-refractivity contribution in [2.24, 2.45) is 0 Å². The maximum atomic E-state index is 12.9. The molecular formula is C23H26N3O3S+. The molecule has 0 aliphatic rings. The number of quaternary nitrogens is 1. The SMILES string of the molecule is C[NH+](C)C[C@H](NC(=O)c1cccc(NS(=O)(=O)c2ccccc2)c1)c1ccccc1. The first kappa shape index (κ1) is 21.5. The molecule has 156 valence electrons. The number of amides is 1. The minimum Gasteiger partial charge on any atom is -0.340 e. The third-order valence-electron chi connectivity index (χ3n) is 4.55. The van der Waals surface area contributed by atoms with E-state index in [2.05, 4.69) is 10.0 Å². The molecule has 0 bridgehead atoms. The molecule has 3 aromatic rings. The Balaban J connectivity index is 1.78. The fraction of sp³-hybridized carbons (Fsp3) is 0.174. The quantitative estimate of drug-likeness (QED) is 0.518. The van der Waals surface area contributed by atoms with Crippen LogP contribution in [0, 0.1) is 0 Å². The van der Waals surface area contributed by atoms with Gasteiger partial charge in [-0.3, -0.25) is 9.52 Å². The van der Waals surface area contributed by atoms with E-state index >= 15 is 0 Å². The summed E-state index contributed by atoms with van der Waals surface area (Å²) in [5, 5.41) is 3.07. The van der Waals surface area contributed by atoms with Crippen molar-refractivity contribution in [3.05, 3.63) is 96.1 Å². The van der Waals surface area contributed by atoms with Gasteiger partial charge in [-0.05, 0) is 35.9 Å². The molecule has 7 heteroatoms. The van der Waals surface area contributed by atoms with Crippen LogP contribution in [0.15, 0.2) is 89.8 Å². The van der Waals surface area contributed by atoms with Crippen LogP contribution in [0.3, 0.4) is 0 Å². The zero-order valence-electron chi connectivity index (χ0n) is 17.0. The number of hydrogen-bond donors (Lipinski definition) is 3. The normalized spacial score (nSPS) is 12.4. The van der Waals surface area contributed by atoms with Gasteiger partial charge in [0.2, 0.25) is 0 Å². The smallest absolute Gasteiger partial charge is 0.261 e. The lowest BCUT2D eigenvalue weighted by Gasteiger charge is -2.21. The zero-order chi connectivity index (χ0) is 21.6. The summed E-state index contributed by atoms with van der Waals surface area (Å²) in [5.41, 5.74) is 1.74. The molecule has 0 saturated heterocycles. The van der Waals surface area contributed by atoms with Crippen LogP contribution in [-0.4, -0.2) is 35.0 Å². The maximum Gasteiger partial charge on any atom is 0.261 e. The summed E-state index contributed by atoms with van der Waals surface area (Å²) in [5.74, 6) is -0.258. The summed E-state index contributed by atoms with van der Waals surface area (Å²) in [6, 6.07) is 24.2. The van der Waals surface area contributed by atoms with Gasteiger partial charge in [0, 0.05) is 11.3 Å². The Bertz CT molecular complexity index is 1080. The first-order chi connectivity index (χ1) is 14.3. The highest BCUT2D eigenvalue weighted by Crippen LogP contribution is 2.18. The van der Waals surface area contributed by atoms with Gasteiger partial charge in [-0.15, -0.1) is 0 Å². The second-order valence-electron chi connectivity index (χ2n) is 7.35. The first-order valence-electron chi connectivity index (χ1n) is 9.68. The molecule has 30 heavy (non-hydrogen) atoms. The van der Waals surface area contributed by atoms with E-state index in [0.29, 0.717) is 11.3 Å². The van der Waals surface area contributed by atoms with Gasteiger partial charge >= 0.3 is 0 Å². The second-order valence-corrected chi connectivity index (χ2v) is 9.03. The van der Waals surface area contributed by atoms with Gasteiger partial charge in [-0.2, -0.15) is 0 Å². The number of carbonyl (C=O) groups excluding carboxylic acids is 1. The van der Waals surface area contributed by atoms with Gasteiger partial charge in [0.15, 0.2) is 0 Å². The van der Waals surface area contributed by atoms with Crippen molar-refractivity contribution >= 4 is 21.6 Å². The standard InChI is InChI=1S/C23H25N3O3S/c1-26(2)17-22(18-10-5-3-6-11-18)24-23(27)19-12-9-13-20(16-19)25-30(28,29)21-14-7-4-8-15-21/h3-16,22,25H,17H2,1-2H3,(H,24,27)/p+1/t22-/m0/s1. The van der Waals surface area contributed by atoms with E-state index in [-0.39, 0.29) is 16.8 Å². The van der Waals surface area contributed by atoms with Crippen LogP contribution in [0.2, 0.25) is 0 Å². The average Bonchev–Trinajstić information content (AvgIpc) is 2.74. The molecule has 0 aliphatic heterocycles. The fourth-order valence-electron chi connectivity index (χ4n) is 3.13. The van der Waals surface area contributed by atoms with Gasteiger partial charge in [0.25, 0.3) is 15.9 Å². The molecule has 3 aromatic carbocycles. The summed E-state index contributed by atoms with van der Waals surface area (Å²) >= 11 is 0. The van der Waals surface area contributed by atoms with Crippen molar-refractivity contribution in [3.8, 4) is 0 Å². The van der Waals surface area contributed by atoms with Gasteiger partial charge in [0.05, 0.1) is 19.0 Å². The van der Waals surface area contributed by atoms with Crippen LogP contribution < -0.4 is 14.9 Å². The highest BCUT2D eigenvalue weighted by molar-refractivity contribution is 7.92. The van der Waals surface area contributed by atoms with Crippen molar-refractivity contribution in [1.29, 1.82) is 0 Å². The van der Waals surface area contributed by atoms with Crippen LogP contribution in [0.25, 0.3) is 0 Å². The van der Waals surface area contributed by atoms with Crippen LogP contribution in [0.4, 0.5) is 5.69 Å². The maximum absolute atomic E-state index is 12.9. The fourth-order valence-corrected chi connectivity index (χ4v) is 4.20. The average molecular weight is 425 g/mol. The van der Waals surface area contributed by atoms with E-state index in [1.807, 2.05) is 44.4 Å². The Labute approximate surface area is 177 Å². The highest BCUT2D eigenvalue weighted by Gasteiger charge is 2.19. The Morgan fingerprint density at radius 2 is 1.53 bits per heavy atom. The van der Waals surface area contributed by atoms with Gasteiger partial charge in [0.1, 0.15) is 12.6 Å². The molecule has 3 N–H and O–H groups in total. The Kier molecular flexibility index (Phi) is 6.87.